The second-order valence-electron chi connectivity index (χ2n) is 5.00. The van der Waals surface area contributed by atoms with Crippen LogP contribution in [0.1, 0.15) is 24.6 Å². The molecule has 0 N–H and O–H groups in total. The number of ether oxygens (including phenoxy) is 1. The fourth-order valence-corrected chi connectivity index (χ4v) is 3.54. The third kappa shape index (κ3) is 2.38. The third-order valence-corrected chi connectivity index (χ3v) is 4.54. The van der Waals surface area contributed by atoms with Crippen molar-refractivity contribution in [2.45, 2.75) is 18.8 Å². The van der Waals surface area contributed by atoms with Crippen molar-refractivity contribution in [3.05, 3.63) is 37.8 Å². The molecule has 6 heteroatoms. The molecular formula is C14H14BrClN2O2. The van der Waals surface area contributed by atoms with Gasteiger partial charge in [-0.2, -0.15) is 0 Å². The van der Waals surface area contributed by atoms with Crippen LogP contribution in [-0.4, -0.2) is 22.8 Å². The van der Waals surface area contributed by atoms with Gasteiger partial charge < -0.3 is 4.74 Å². The predicted octanol–water partition coefficient (Wildman–Crippen LogP) is 3.24. The molecular weight excluding hydrogens is 344 g/mol. The summed E-state index contributed by atoms with van der Waals surface area (Å²) in [6.45, 7) is 1.45. The molecule has 1 aliphatic heterocycles. The van der Waals surface area contributed by atoms with Crippen LogP contribution in [0.25, 0.3) is 10.9 Å². The quantitative estimate of drug-likeness (QED) is 0.787. The summed E-state index contributed by atoms with van der Waals surface area (Å²) in [4.78, 5) is 17.2. The minimum Gasteiger partial charge on any atom is -0.381 e. The summed E-state index contributed by atoms with van der Waals surface area (Å²) in [5, 5.41) is 1.07. The van der Waals surface area contributed by atoms with Crippen molar-refractivity contribution in [2.24, 2.45) is 7.05 Å². The van der Waals surface area contributed by atoms with E-state index in [9.17, 15) is 4.79 Å². The summed E-state index contributed by atoms with van der Waals surface area (Å²) in [5.74, 6) is 1.10. The Morgan fingerprint density at radius 3 is 2.80 bits per heavy atom. The van der Waals surface area contributed by atoms with Gasteiger partial charge in [-0.15, -0.1) is 0 Å². The standard InChI is InChI=1S/C14H14BrClN2O2/c1-18-13(8-2-4-20-5-3-8)17-12-10(14(18)19)6-9(16)7-11(12)15/h6-8H,2-5H2,1H3. The largest absolute Gasteiger partial charge is 0.381 e. The van der Waals surface area contributed by atoms with Crippen molar-refractivity contribution < 1.29 is 4.74 Å². The molecule has 0 aliphatic carbocycles. The Kier molecular flexibility index (Phi) is 3.84. The molecule has 1 saturated heterocycles. The fraction of sp³-hybridized carbons (Fsp3) is 0.429. The Bertz CT molecular complexity index is 723. The molecule has 0 bridgehead atoms. The highest BCUT2D eigenvalue weighted by Crippen LogP contribution is 2.29. The highest BCUT2D eigenvalue weighted by atomic mass is 79.9. The first kappa shape index (κ1) is 14.0. The van der Waals surface area contributed by atoms with Gasteiger partial charge in [0, 0.05) is 35.7 Å². The van der Waals surface area contributed by atoms with Crippen LogP contribution < -0.4 is 5.56 Å². The zero-order valence-electron chi connectivity index (χ0n) is 11.0. The minimum absolute atomic E-state index is 0.0558. The first-order chi connectivity index (χ1) is 9.58. The van der Waals surface area contributed by atoms with Crippen molar-refractivity contribution in [3.8, 4) is 0 Å². The summed E-state index contributed by atoms with van der Waals surface area (Å²) in [6.07, 6.45) is 1.80. The smallest absolute Gasteiger partial charge is 0.261 e. The van der Waals surface area contributed by atoms with E-state index in [4.69, 9.17) is 21.3 Å². The lowest BCUT2D eigenvalue weighted by Gasteiger charge is -2.23. The predicted molar refractivity (Wildman–Crippen MR) is 82.5 cm³/mol. The monoisotopic (exact) mass is 356 g/mol. The molecule has 0 amide bonds. The van der Waals surface area contributed by atoms with E-state index < -0.39 is 0 Å². The number of benzene rings is 1. The normalized spacial score (nSPS) is 16.8. The summed E-state index contributed by atoms with van der Waals surface area (Å²) < 4.78 is 7.77. The Morgan fingerprint density at radius 1 is 1.40 bits per heavy atom. The van der Waals surface area contributed by atoms with Crippen LogP contribution in [0.3, 0.4) is 0 Å². The highest BCUT2D eigenvalue weighted by molar-refractivity contribution is 9.10. The van der Waals surface area contributed by atoms with Gasteiger partial charge in [-0.1, -0.05) is 11.6 Å². The molecule has 20 heavy (non-hydrogen) atoms. The van der Waals surface area contributed by atoms with Gasteiger partial charge in [-0.25, -0.2) is 4.98 Å². The topological polar surface area (TPSA) is 44.1 Å². The van der Waals surface area contributed by atoms with Crippen LogP contribution in [0.4, 0.5) is 0 Å². The number of hydrogen-bond acceptors (Lipinski definition) is 3. The molecule has 2 heterocycles. The second-order valence-corrected chi connectivity index (χ2v) is 6.30. The van der Waals surface area contributed by atoms with Gasteiger partial charge in [0.1, 0.15) is 5.82 Å². The van der Waals surface area contributed by atoms with Gasteiger partial charge in [-0.3, -0.25) is 9.36 Å². The van der Waals surface area contributed by atoms with Crippen molar-refractivity contribution >= 4 is 38.4 Å². The van der Waals surface area contributed by atoms with Crippen molar-refractivity contribution in [1.29, 1.82) is 0 Å². The van der Waals surface area contributed by atoms with E-state index in [1.807, 2.05) is 0 Å². The maximum Gasteiger partial charge on any atom is 0.261 e. The Hall–Kier alpha value is -0.910. The molecule has 0 spiro atoms. The maximum atomic E-state index is 12.5. The zero-order valence-corrected chi connectivity index (χ0v) is 13.4. The lowest BCUT2D eigenvalue weighted by Crippen LogP contribution is -2.27. The van der Waals surface area contributed by atoms with Crippen LogP contribution in [0, 0.1) is 0 Å². The number of nitrogens with zero attached hydrogens (tertiary/aromatic N) is 2. The van der Waals surface area contributed by atoms with E-state index >= 15 is 0 Å². The number of fused-ring (bicyclic) bond motifs is 1. The molecule has 0 unspecified atom stereocenters. The SMILES string of the molecule is Cn1c(C2CCOCC2)nc2c(Br)cc(Cl)cc2c1=O. The molecule has 0 radical (unpaired) electrons. The van der Waals surface area contributed by atoms with Gasteiger partial charge in [-0.05, 0) is 40.9 Å². The van der Waals surface area contributed by atoms with E-state index in [-0.39, 0.29) is 11.5 Å². The average molecular weight is 358 g/mol. The molecule has 106 valence electrons. The Morgan fingerprint density at radius 2 is 2.10 bits per heavy atom. The average Bonchev–Trinajstić information content (AvgIpc) is 2.44. The van der Waals surface area contributed by atoms with Crippen molar-refractivity contribution in [2.75, 3.05) is 13.2 Å². The Labute approximate surface area is 129 Å². The Balaban J connectivity index is 2.24. The van der Waals surface area contributed by atoms with E-state index in [0.717, 1.165) is 36.4 Å². The summed E-state index contributed by atoms with van der Waals surface area (Å²) in [7, 11) is 1.77. The van der Waals surface area contributed by atoms with Gasteiger partial charge in [0.25, 0.3) is 5.56 Å². The van der Waals surface area contributed by atoms with Crippen LogP contribution in [0.15, 0.2) is 21.4 Å². The van der Waals surface area contributed by atoms with Crippen LogP contribution in [-0.2, 0) is 11.8 Å². The molecule has 3 rings (SSSR count). The zero-order chi connectivity index (χ0) is 14.3. The van der Waals surface area contributed by atoms with Crippen LogP contribution >= 0.6 is 27.5 Å². The van der Waals surface area contributed by atoms with E-state index in [0.29, 0.717) is 15.9 Å². The van der Waals surface area contributed by atoms with Crippen LogP contribution in [0.2, 0.25) is 5.02 Å². The molecule has 1 aromatic carbocycles. The van der Waals surface area contributed by atoms with E-state index in [1.54, 1.807) is 23.7 Å². The summed E-state index contributed by atoms with van der Waals surface area (Å²) in [5.41, 5.74) is 0.624. The highest BCUT2D eigenvalue weighted by Gasteiger charge is 2.22. The van der Waals surface area contributed by atoms with Gasteiger partial charge in [0.2, 0.25) is 0 Å². The third-order valence-electron chi connectivity index (χ3n) is 3.72. The van der Waals surface area contributed by atoms with Gasteiger partial charge >= 0.3 is 0 Å². The molecule has 4 nitrogen and oxygen atoms in total. The van der Waals surface area contributed by atoms with Gasteiger partial charge in [0.15, 0.2) is 0 Å². The lowest BCUT2D eigenvalue weighted by atomic mass is 9.99. The lowest BCUT2D eigenvalue weighted by molar-refractivity contribution is 0.0828. The molecule has 1 aliphatic rings. The number of aromatic nitrogens is 2. The minimum atomic E-state index is -0.0558. The maximum absolute atomic E-state index is 12.5. The molecule has 2 aromatic rings. The van der Waals surface area contributed by atoms with Crippen molar-refractivity contribution in [1.82, 2.24) is 9.55 Å². The van der Waals surface area contributed by atoms with E-state index in [2.05, 4.69) is 15.9 Å². The first-order valence-electron chi connectivity index (χ1n) is 6.51. The van der Waals surface area contributed by atoms with E-state index in [1.165, 1.54) is 0 Å². The van der Waals surface area contributed by atoms with Crippen molar-refractivity contribution in [3.63, 3.8) is 0 Å². The number of rotatable bonds is 1. The first-order valence-corrected chi connectivity index (χ1v) is 7.68. The molecule has 1 fully saturated rings. The second kappa shape index (κ2) is 5.47. The summed E-state index contributed by atoms with van der Waals surface area (Å²) >= 11 is 9.46. The molecule has 1 aromatic heterocycles. The molecule has 0 atom stereocenters. The molecule has 0 saturated carbocycles. The van der Waals surface area contributed by atoms with Crippen LogP contribution in [0.5, 0.6) is 0 Å². The fourth-order valence-electron chi connectivity index (χ4n) is 2.64. The summed E-state index contributed by atoms with van der Waals surface area (Å²) in [6, 6.07) is 3.44. The number of halogens is 2. The number of hydrogen-bond donors (Lipinski definition) is 0. The van der Waals surface area contributed by atoms with Gasteiger partial charge in [0.05, 0.1) is 10.9 Å².